The number of hydrogen-bond donors (Lipinski definition) is 2. The van der Waals surface area contributed by atoms with Gasteiger partial charge in [0.05, 0.1) is 14.2 Å². The SMILES string of the molecule is COc1ccc(CNCC2(N)CC2)c(OC)c1. The third-order valence-corrected chi connectivity index (χ3v) is 3.18. The van der Waals surface area contributed by atoms with Crippen molar-refractivity contribution in [1.29, 1.82) is 0 Å². The molecule has 1 saturated carbocycles. The molecule has 2 rings (SSSR count). The van der Waals surface area contributed by atoms with Crippen LogP contribution in [0.25, 0.3) is 0 Å². The highest BCUT2D eigenvalue weighted by atomic mass is 16.5. The van der Waals surface area contributed by atoms with Crippen molar-refractivity contribution in [3.05, 3.63) is 23.8 Å². The molecule has 0 amide bonds. The fourth-order valence-electron chi connectivity index (χ4n) is 1.78. The van der Waals surface area contributed by atoms with Gasteiger partial charge in [-0.2, -0.15) is 0 Å². The molecule has 1 aliphatic carbocycles. The molecule has 0 spiro atoms. The van der Waals surface area contributed by atoms with Gasteiger partial charge >= 0.3 is 0 Å². The molecule has 0 aliphatic heterocycles. The van der Waals surface area contributed by atoms with Crippen LogP contribution in [0.15, 0.2) is 18.2 Å². The van der Waals surface area contributed by atoms with Gasteiger partial charge in [-0.25, -0.2) is 0 Å². The lowest BCUT2D eigenvalue weighted by atomic mass is 10.2. The molecule has 94 valence electrons. The Kier molecular flexibility index (Phi) is 3.54. The van der Waals surface area contributed by atoms with Gasteiger partial charge in [0.1, 0.15) is 11.5 Å². The van der Waals surface area contributed by atoms with Crippen LogP contribution in [0.5, 0.6) is 11.5 Å². The minimum Gasteiger partial charge on any atom is -0.497 e. The highest BCUT2D eigenvalue weighted by Crippen LogP contribution is 2.31. The fraction of sp³-hybridized carbons (Fsp3) is 0.538. The van der Waals surface area contributed by atoms with Crippen LogP contribution in [0.3, 0.4) is 0 Å². The number of benzene rings is 1. The number of ether oxygens (including phenoxy) is 2. The van der Waals surface area contributed by atoms with Crippen molar-refractivity contribution in [2.24, 2.45) is 5.73 Å². The average Bonchev–Trinajstić information content (AvgIpc) is 3.07. The van der Waals surface area contributed by atoms with Gasteiger partial charge in [0, 0.05) is 30.3 Å². The second-order valence-electron chi connectivity index (χ2n) is 4.64. The predicted octanol–water partition coefficient (Wildman–Crippen LogP) is 1.28. The Morgan fingerprint density at radius 3 is 2.65 bits per heavy atom. The highest BCUT2D eigenvalue weighted by Gasteiger charge is 2.37. The Labute approximate surface area is 102 Å². The molecule has 0 radical (unpaired) electrons. The number of nitrogens with one attached hydrogen (secondary N) is 1. The second-order valence-corrected chi connectivity index (χ2v) is 4.64. The van der Waals surface area contributed by atoms with E-state index in [1.54, 1.807) is 14.2 Å². The summed E-state index contributed by atoms with van der Waals surface area (Å²) in [7, 11) is 3.32. The molecule has 4 nitrogen and oxygen atoms in total. The predicted molar refractivity (Wildman–Crippen MR) is 67.4 cm³/mol. The Morgan fingerprint density at radius 2 is 2.06 bits per heavy atom. The van der Waals surface area contributed by atoms with Crippen molar-refractivity contribution in [2.45, 2.75) is 24.9 Å². The normalized spacial score (nSPS) is 16.6. The monoisotopic (exact) mass is 236 g/mol. The summed E-state index contributed by atoms with van der Waals surface area (Å²) in [5.74, 6) is 1.65. The quantitative estimate of drug-likeness (QED) is 0.781. The maximum atomic E-state index is 6.01. The molecule has 1 aliphatic rings. The van der Waals surface area contributed by atoms with Crippen LogP contribution in [-0.4, -0.2) is 26.3 Å². The van der Waals surface area contributed by atoms with Gasteiger partial charge in [-0.15, -0.1) is 0 Å². The van der Waals surface area contributed by atoms with Crippen LogP contribution in [0.2, 0.25) is 0 Å². The van der Waals surface area contributed by atoms with E-state index in [4.69, 9.17) is 15.2 Å². The Balaban J connectivity index is 1.94. The molecule has 1 fully saturated rings. The molecular formula is C13H20N2O2. The topological polar surface area (TPSA) is 56.5 Å². The highest BCUT2D eigenvalue weighted by molar-refractivity contribution is 5.40. The maximum absolute atomic E-state index is 6.01. The van der Waals surface area contributed by atoms with Crippen molar-refractivity contribution in [1.82, 2.24) is 5.32 Å². The Hall–Kier alpha value is -1.26. The fourth-order valence-corrected chi connectivity index (χ4v) is 1.78. The Morgan fingerprint density at radius 1 is 1.29 bits per heavy atom. The summed E-state index contributed by atoms with van der Waals surface area (Å²) in [4.78, 5) is 0. The largest absolute Gasteiger partial charge is 0.497 e. The summed E-state index contributed by atoms with van der Waals surface area (Å²) in [6, 6.07) is 5.85. The van der Waals surface area contributed by atoms with Crippen LogP contribution < -0.4 is 20.5 Å². The third kappa shape index (κ3) is 3.11. The third-order valence-electron chi connectivity index (χ3n) is 3.18. The molecule has 4 heteroatoms. The number of nitrogens with two attached hydrogens (primary N) is 1. The van der Waals surface area contributed by atoms with E-state index in [9.17, 15) is 0 Å². The van der Waals surface area contributed by atoms with Gasteiger partial charge in [-0.3, -0.25) is 0 Å². The molecule has 0 heterocycles. The molecule has 17 heavy (non-hydrogen) atoms. The molecule has 0 aromatic heterocycles. The van der Waals surface area contributed by atoms with Crippen LogP contribution in [0, 0.1) is 0 Å². The van der Waals surface area contributed by atoms with E-state index in [1.165, 1.54) is 0 Å². The van der Waals surface area contributed by atoms with Gasteiger partial charge < -0.3 is 20.5 Å². The molecule has 0 atom stereocenters. The first-order chi connectivity index (χ1) is 8.17. The molecule has 0 saturated heterocycles. The van der Waals surface area contributed by atoms with E-state index in [0.29, 0.717) is 0 Å². The lowest BCUT2D eigenvalue weighted by molar-refractivity contribution is 0.389. The summed E-state index contributed by atoms with van der Waals surface area (Å²) in [5.41, 5.74) is 7.18. The van der Waals surface area contributed by atoms with Gasteiger partial charge in [-0.05, 0) is 18.9 Å². The maximum Gasteiger partial charge on any atom is 0.127 e. The summed E-state index contributed by atoms with van der Waals surface area (Å²) in [6.07, 6.45) is 2.25. The van der Waals surface area contributed by atoms with Crippen LogP contribution in [0.1, 0.15) is 18.4 Å². The van der Waals surface area contributed by atoms with E-state index in [2.05, 4.69) is 5.32 Å². The molecule has 1 aromatic carbocycles. The standard InChI is InChI=1S/C13H20N2O2/c1-16-11-4-3-10(12(7-11)17-2)8-15-9-13(14)5-6-13/h3-4,7,15H,5-6,8-9,14H2,1-2H3. The van der Waals surface area contributed by atoms with Crippen molar-refractivity contribution in [3.63, 3.8) is 0 Å². The summed E-state index contributed by atoms with van der Waals surface area (Å²) >= 11 is 0. The Bertz CT molecular complexity index is 389. The van der Waals surface area contributed by atoms with E-state index in [1.807, 2.05) is 18.2 Å². The number of hydrogen-bond acceptors (Lipinski definition) is 4. The minimum atomic E-state index is 0.0414. The molecule has 0 unspecified atom stereocenters. The summed E-state index contributed by atoms with van der Waals surface area (Å²) in [6.45, 7) is 1.63. The molecule has 3 N–H and O–H groups in total. The second kappa shape index (κ2) is 4.94. The van der Waals surface area contributed by atoms with Crippen molar-refractivity contribution in [3.8, 4) is 11.5 Å². The molecular weight excluding hydrogens is 216 g/mol. The number of rotatable bonds is 6. The summed E-state index contributed by atoms with van der Waals surface area (Å²) < 4.78 is 10.5. The van der Waals surface area contributed by atoms with E-state index in [-0.39, 0.29) is 5.54 Å². The lowest BCUT2D eigenvalue weighted by Gasteiger charge is -2.13. The van der Waals surface area contributed by atoms with E-state index >= 15 is 0 Å². The smallest absolute Gasteiger partial charge is 0.127 e. The molecule has 0 bridgehead atoms. The van der Waals surface area contributed by atoms with Gasteiger partial charge in [0.25, 0.3) is 0 Å². The van der Waals surface area contributed by atoms with Crippen molar-refractivity contribution in [2.75, 3.05) is 20.8 Å². The average molecular weight is 236 g/mol. The zero-order valence-corrected chi connectivity index (χ0v) is 10.5. The van der Waals surface area contributed by atoms with Crippen LogP contribution in [0.4, 0.5) is 0 Å². The first-order valence-corrected chi connectivity index (χ1v) is 5.87. The summed E-state index contributed by atoms with van der Waals surface area (Å²) in [5, 5.41) is 3.37. The van der Waals surface area contributed by atoms with Crippen LogP contribution in [-0.2, 0) is 6.54 Å². The first-order valence-electron chi connectivity index (χ1n) is 5.87. The minimum absolute atomic E-state index is 0.0414. The van der Waals surface area contributed by atoms with Gasteiger partial charge in [0.2, 0.25) is 0 Å². The zero-order valence-electron chi connectivity index (χ0n) is 10.5. The van der Waals surface area contributed by atoms with E-state index < -0.39 is 0 Å². The van der Waals surface area contributed by atoms with Crippen molar-refractivity contribution < 1.29 is 9.47 Å². The van der Waals surface area contributed by atoms with Gasteiger partial charge in [-0.1, -0.05) is 6.07 Å². The van der Waals surface area contributed by atoms with Crippen molar-refractivity contribution >= 4 is 0 Å². The van der Waals surface area contributed by atoms with Crippen LogP contribution >= 0.6 is 0 Å². The zero-order chi connectivity index (χ0) is 12.3. The number of methoxy groups -OCH3 is 2. The first kappa shape index (κ1) is 12.2. The lowest BCUT2D eigenvalue weighted by Crippen LogP contribution is -2.35. The van der Waals surface area contributed by atoms with E-state index in [0.717, 1.165) is 43.0 Å². The van der Waals surface area contributed by atoms with Gasteiger partial charge in [0.15, 0.2) is 0 Å². The molecule has 1 aromatic rings.